The van der Waals surface area contributed by atoms with Crippen LogP contribution in [-0.2, 0) is 19.7 Å². The average molecular weight is 495 g/mol. The molecule has 0 radical (unpaired) electrons. The summed E-state index contributed by atoms with van der Waals surface area (Å²) in [7, 11) is -3.87. The van der Waals surface area contributed by atoms with E-state index in [1.54, 1.807) is 6.07 Å². The van der Waals surface area contributed by atoms with Crippen LogP contribution in [0.4, 0.5) is 36.2 Å². The Morgan fingerprint density at radius 1 is 0.941 bits per heavy atom. The van der Waals surface area contributed by atoms with Crippen LogP contribution in [0, 0.1) is 13.8 Å². The van der Waals surface area contributed by atoms with E-state index in [0.717, 1.165) is 28.9 Å². The fourth-order valence-corrected chi connectivity index (χ4v) is 3.70. The second-order valence-corrected chi connectivity index (χ2v) is 9.09. The molecule has 1 aromatic heterocycles. The lowest BCUT2D eigenvalue weighted by Crippen LogP contribution is -2.36. The molecule has 3 aromatic rings. The number of hydrogen-bond acceptors (Lipinski definition) is 8. The number of anilines is 4. The van der Waals surface area contributed by atoms with Crippen molar-refractivity contribution in [1.29, 1.82) is 0 Å². The standard InChI is InChI=1S/C21H20F3N5O4S/c1-13-7-8-16(9-14(13)2)28-19-11-18(25-12-26-19)27-15-5-4-6-17(10-15)34(31,32)29(3)33-20(30)21(22,23)24/h4-12H,1-3H3,(H2,25,26,27,28). The molecule has 0 fully saturated rings. The molecule has 1 heterocycles. The molecule has 13 heteroatoms. The summed E-state index contributed by atoms with van der Waals surface area (Å²) in [5, 5.41) is 6.05. The van der Waals surface area contributed by atoms with Gasteiger partial charge in [0.25, 0.3) is 10.0 Å². The lowest BCUT2D eigenvalue weighted by atomic mass is 10.1. The molecule has 0 atom stereocenters. The number of hydroxylamine groups is 1. The van der Waals surface area contributed by atoms with E-state index in [0.29, 0.717) is 18.7 Å². The molecule has 180 valence electrons. The summed E-state index contributed by atoms with van der Waals surface area (Å²) < 4.78 is 62.1. The van der Waals surface area contributed by atoms with Gasteiger partial charge in [-0.3, -0.25) is 0 Å². The number of benzene rings is 2. The predicted molar refractivity (Wildman–Crippen MR) is 118 cm³/mol. The van der Waals surface area contributed by atoms with E-state index in [4.69, 9.17) is 0 Å². The van der Waals surface area contributed by atoms with Crippen molar-refractivity contribution < 1.29 is 31.2 Å². The van der Waals surface area contributed by atoms with E-state index in [9.17, 15) is 26.4 Å². The minimum Gasteiger partial charge on any atom is -0.345 e. The number of halogens is 3. The van der Waals surface area contributed by atoms with Gasteiger partial charge in [0.15, 0.2) is 0 Å². The smallest absolute Gasteiger partial charge is 0.345 e. The first-order valence-corrected chi connectivity index (χ1v) is 11.1. The van der Waals surface area contributed by atoms with Crippen LogP contribution in [0.1, 0.15) is 11.1 Å². The largest absolute Gasteiger partial charge is 0.492 e. The Labute approximate surface area is 193 Å². The summed E-state index contributed by atoms with van der Waals surface area (Å²) in [4.78, 5) is 22.7. The van der Waals surface area contributed by atoms with Crippen molar-refractivity contribution in [2.75, 3.05) is 17.7 Å². The first-order valence-electron chi connectivity index (χ1n) is 9.68. The highest BCUT2D eigenvalue weighted by Gasteiger charge is 2.43. The van der Waals surface area contributed by atoms with E-state index in [1.165, 1.54) is 18.5 Å². The number of hydrogen-bond donors (Lipinski definition) is 2. The fraction of sp³-hybridized carbons (Fsp3) is 0.190. The van der Waals surface area contributed by atoms with Gasteiger partial charge in [-0.2, -0.15) is 13.2 Å². The zero-order valence-electron chi connectivity index (χ0n) is 18.2. The summed E-state index contributed by atoms with van der Waals surface area (Å²) in [6.07, 6.45) is -4.04. The molecular formula is C21H20F3N5O4S. The van der Waals surface area contributed by atoms with Gasteiger partial charge >= 0.3 is 12.1 Å². The molecule has 0 bridgehead atoms. The van der Waals surface area contributed by atoms with Crippen LogP contribution < -0.4 is 10.6 Å². The van der Waals surface area contributed by atoms with E-state index >= 15 is 0 Å². The second kappa shape index (κ2) is 9.65. The molecule has 34 heavy (non-hydrogen) atoms. The number of aryl methyl sites for hydroxylation is 2. The van der Waals surface area contributed by atoms with E-state index in [-0.39, 0.29) is 10.2 Å². The van der Waals surface area contributed by atoms with Crippen molar-refractivity contribution in [3.8, 4) is 0 Å². The zero-order valence-corrected chi connectivity index (χ0v) is 19.0. The molecule has 0 saturated carbocycles. The Morgan fingerprint density at radius 3 is 2.15 bits per heavy atom. The maximum absolute atomic E-state index is 12.5. The molecule has 0 unspecified atom stereocenters. The number of aromatic nitrogens is 2. The van der Waals surface area contributed by atoms with Gasteiger partial charge in [0.05, 0.1) is 4.90 Å². The Bertz CT molecular complexity index is 1320. The van der Waals surface area contributed by atoms with Crippen LogP contribution in [0.3, 0.4) is 0 Å². The number of nitrogens with zero attached hydrogens (tertiary/aromatic N) is 3. The number of carbonyl (C=O) groups excluding carboxylic acids is 1. The molecule has 0 aliphatic carbocycles. The lowest BCUT2D eigenvalue weighted by molar-refractivity contribution is -0.219. The van der Waals surface area contributed by atoms with Crippen LogP contribution in [0.2, 0.25) is 0 Å². The van der Waals surface area contributed by atoms with Gasteiger partial charge in [-0.15, -0.1) is 0 Å². The normalized spacial score (nSPS) is 11.9. The van der Waals surface area contributed by atoms with E-state index in [1.807, 2.05) is 32.0 Å². The zero-order chi connectivity index (χ0) is 25.1. The van der Waals surface area contributed by atoms with Gasteiger partial charge < -0.3 is 15.5 Å². The first kappa shape index (κ1) is 24.9. The summed E-state index contributed by atoms with van der Waals surface area (Å²) in [6.45, 7) is 3.98. The molecule has 0 spiro atoms. The number of rotatable bonds is 7. The van der Waals surface area contributed by atoms with Gasteiger partial charge in [0, 0.05) is 24.5 Å². The van der Waals surface area contributed by atoms with Crippen LogP contribution in [0.25, 0.3) is 0 Å². The van der Waals surface area contributed by atoms with Crippen molar-refractivity contribution in [3.05, 3.63) is 66.0 Å². The molecule has 2 N–H and O–H groups in total. The topological polar surface area (TPSA) is 114 Å². The van der Waals surface area contributed by atoms with Gasteiger partial charge in [-0.05, 0) is 59.8 Å². The summed E-state index contributed by atoms with van der Waals surface area (Å²) >= 11 is 0. The summed E-state index contributed by atoms with van der Waals surface area (Å²) in [6, 6.07) is 12.6. The van der Waals surface area contributed by atoms with Crippen molar-refractivity contribution in [2.24, 2.45) is 0 Å². The lowest BCUT2D eigenvalue weighted by Gasteiger charge is -2.17. The third kappa shape index (κ3) is 5.99. The third-order valence-corrected chi connectivity index (χ3v) is 6.23. The minimum atomic E-state index is -5.34. The van der Waals surface area contributed by atoms with Gasteiger partial charge in [-0.25, -0.2) is 23.2 Å². The number of nitrogens with one attached hydrogen (secondary N) is 2. The van der Waals surface area contributed by atoms with E-state index < -0.39 is 27.1 Å². The highest BCUT2D eigenvalue weighted by atomic mass is 32.2. The molecule has 0 aliphatic heterocycles. The quantitative estimate of drug-likeness (QED) is 0.469. The van der Waals surface area contributed by atoms with Crippen LogP contribution in [0.15, 0.2) is 59.8 Å². The first-order chi connectivity index (χ1) is 15.9. The third-order valence-electron chi connectivity index (χ3n) is 4.63. The number of alkyl halides is 3. The van der Waals surface area contributed by atoms with Gasteiger partial charge in [-0.1, -0.05) is 12.1 Å². The Balaban J connectivity index is 1.77. The molecule has 2 aromatic carbocycles. The summed E-state index contributed by atoms with van der Waals surface area (Å²) in [5.74, 6) is -1.85. The molecular weight excluding hydrogens is 475 g/mol. The predicted octanol–water partition coefficient (Wildman–Crippen LogP) is 4.22. The molecule has 0 aliphatic rings. The number of carbonyl (C=O) groups is 1. The molecule has 9 nitrogen and oxygen atoms in total. The van der Waals surface area contributed by atoms with Crippen LogP contribution in [-0.4, -0.2) is 42.0 Å². The van der Waals surface area contributed by atoms with Crippen molar-refractivity contribution in [1.82, 2.24) is 14.4 Å². The SMILES string of the molecule is Cc1ccc(Nc2cc(Nc3cccc(S(=O)(=O)N(C)OC(=O)C(F)(F)F)c3)ncn2)cc1C. The van der Waals surface area contributed by atoms with Gasteiger partial charge in [0.1, 0.15) is 18.0 Å². The maximum atomic E-state index is 12.5. The van der Waals surface area contributed by atoms with E-state index in [2.05, 4.69) is 25.4 Å². The summed E-state index contributed by atoms with van der Waals surface area (Å²) in [5.41, 5.74) is 3.33. The van der Waals surface area contributed by atoms with Crippen molar-refractivity contribution in [2.45, 2.75) is 24.9 Å². The second-order valence-electron chi connectivity index (χ2n) is 7.16. The highest BCUT2D eigenvalue weighted by molar-refractivity contribution is 7.89. The molecule has 0 amide bonds. The van der Waals surface area contributed by atoms with Crippen LogP contribution in [0.5, 0.6) is 0 Å². The van der Waals surface area contributed by atoms with Crippen molar-refractivity contribution >= 4 is 39.0 Å². The van der Waals surface area contributed by atoms with Crippen molar-refractivity contribution in [3.63, 3.8) is 0 Å². The molecule has 3 rings (SSSR count). The fourth-order valence-electron chi connectivity index (χ4n) is 2.71. The average Bonchev–Trinajstić information content (AvgIpc) is 2.76. The molecule has 0 saturated heterocycles. The Hall–Kier alpha value is -3.71. The monoisotopic (exact) mass is 495 g/mol. The highest BCUT2D eigenvalue weighted by Crippen LogP contribution is 2.25. The van der Waals surface area contributed by atoms with Crippen LogP contribution >= 0.6 is 0 Å². The Kier molecular flexibility index (Phi) is 7.07. The van der Waals surface area contributed by atoms with Gasteiger partial charge in [0.2, 0.25) is 0 Å². The number of sulfonamides is 1. The minimum absolute atomic E-state index is 0.141. The Morgan fingerprint density at radius 2 is 1.56 bits per heavy atom. The maximum Gasteiger partial charge on any atom is 0.492 e.